The molecule has 2 saturated heterocycles. The molecule has 0 aliphatic carbocycles. The molecule has 2 aliphatic rings. The van der Waals surface area contributed by atoms with E-state index < -0.39 is 14.2 Å². The Morgan fingerprint density at radius 1 is 1.13 bits per heavy atom. The lowest BCUT2D eigenvalue weighted by Crippen LogP contribution is -2.35. The minimum absolute atomic E-state index is 0.237. The van der Waals surface area contributed by atoms with E-state index in [-0.39, 0.29) is 31.6 Å². The van der Waals surface area contributed by atoms with Gasteiger partial charge in [-0.3, -0.25) is 4.57 Å². The maximum Gasteiger partial charge on any atom is 0.224 e. The molecule has 0 spiro atoms. The number of aliphatic hydroxyl groups excluding tert-OH is 1. The molecule has 3 aromatic rings. The van der Waals surface area contributed by atoms with Gasteiger partial charge in [0, 0.05) is 34.8 Å². The maximum absolute atomic E-state index is 10.2. The lowest BCUT2D eigenvalue weighted by Gasteiger charge is -2.20. The zero-order valence-corrected chi connectivity index (χ0v) is 25.1. The van der Waals surface area contributed by atoms with Crippen LogP contribution in [0.5, 0.6) is 11.8 Å². The minimum atomic E-state index is -1.25. The van der Waals surface area contributed by atoms with Gasteiger partial charge in [0.25, 0.3) is 0 Å². The number of nitrogens with zero attached hydrogens (tertiary/aromatic N) is 4. The van der Waals surface area contributed by atoms with E-state index in [2.05, 4.69) is 24.6 Å². The maximum atomic E-state index is 10.2. The summed E-state index contributed by atoms with van der Waals surface area (Å²) in [5.74, 6) is 1.78. The van der Waals surface area contributed by atoms with Crippen molar-refractivity contribution in [2.45, 2.75) is 56.8 Å². The molecule has 10 nitrogen and oxygen atoms in total. The summed E-state index contributed by atoms with van der Waals surface area (Å²) in [5, 5.41) is 10.6. The van der Waals surface area contributed by atoms with Gasteiger partial charge in [-0.2, -0.15) is 4.98 Å². The van der Waals surface area contributed by atoms with Gasteiger partial charge in [-0.05, 0) is 24.2 Å². The van der Waals surface area contributed by atoms with Gasteiger partial charge in [0.15, 0.2) is 12.0 Å². The van der Waals surface area contributed by atoms with Crippen molar-refractivity contribution in [3.63, 3.8) is 0 Å². The average Bonchev–Trinajstić information content (AvgIpc) is 3.55. The van der Waals surface area contributed by atoms with Crippen LogP contribution in [0.1, 0.15) is 0 Å². The summed E-state index contributed by atoms with van der Waals surface area (Å²) in [5.41, 5.74) is 2.73. The van der Waals surface area contributed by atoms with E-state index in [1.165, 1.54) is 0 Å². The van der Waals surface area contributed by atoms with Crippen LogP contribution < -0.4 is 14.4 Å². The van der Waals surface area contributed by atoms with Crippen molar-refractivity contribution < 1.29 is 28.8 Å². The van der Waals surface area contributed by atoms with Gasteiger partial charge in [0.2, 0.25) is 5.88 Å². The lowest BCUT2D eigenvalue weighted by molar-refractivity contribution is 0.00479. The normalized spacial score (nSPS) is 22.9. The van der Waals surface area contributed by atoms with Crippen LogP contribution in [0.4, 0.5) is 5.82 Å². The Bertz CT molecular complexity index is 1330. The SMILES string of the molecule is COc1nc(N(C)C)ccc1-c1nc2cc(O[C@@H]3CO[C@H]4[C@@H]3OC[C@H]4O)n(COCC[Si](C)(C)C)c2cc1Cl. The third-order valence-corrected chi connectivity index (χ3v) is 9.02. The molecule has 0 aromatic carbocycles. The molecule has 5 heterocycles. The van der Waals surface area contributed by atoms with Gasteiger partial charge < -0.3 is 33.7 Å². The van der Waals surface area contributed by atoms with Gasteiger partial charge in [-0.15, -0.1) is 0 Å². The zero-order chi connectivity index (χ0) is 27.9. The van der Waals surface area contributed by atoms with Crippen molar-refractivity contribution in [2.24, 2.45) is 0 Å². The topological polar surface area (TPSA) is 100 Å². The number of ether oxygens (including phenoxy) is 5. The lowest BCUT2D eigenvalue weighted by atomic mass is 10.1. The largest absolute Gasteiger partial charge is 0.480 e. The number of aliphatic hydroxyl groups is 1. The molecular weight excluding hydrogens is 540 g/mol. The first kappa shape index (κ1) is 28.1. The Labute approximate surface area is 234 Å². The highest BCUT2D eigenvalue weighted by Gasteiger charge is 2.48. The number of pyridine rings is 2. The third-order valence-electron chi connectivity index (χ3n) is 7.02. The fourth-order valence-corrected chi connectivity index (χ4v) is 5.80. The number of fused-ring (bicyclic) bond motifs is 2. The molecule has 4 atom stereocenters. The van der Waals surface area contributed by atoms with Crippen LogP contribution in [0.2, 0.25) is 30.7 Å². The second-order valence-electron chi connectivity index (χ2n) is 11.4. The molecule has 2 fully saturated rings. The monoisotopic (exact) mass is 576 g/mol. The summed E-state index contributed by atoms with van der Waals surface area (Å²) in [6.45, 7) is 8.47. The van der Waals surface area contributed by atoms with Crippen LogP contribution in [-0.4, -0.2) is 93.2 Å². The first-order valence-corrected chi connectivity index (χ1v) is 17.2. The molecule has 0 radical (unpaired) electrons. The van der Waals surface area contributed by atoms with Gasteiger partial charge >= 0.3 is 0 Å². The number of hydrogen-bond donors (Lipinski definition) is 1. The summed E-state index contributed by atoms with van der Waals surface area (Å²) in [4.78, 5) is 11.4. The Morgan fingerprint density at radius 2 is 1.90 bits per heavy atom. The van der Waals surface area contributed by atoms with E-state index in [1.807, 2.05) is 47.8 Å². The van der Waals surface area contributed by atoms with Crippen LogP contribution in [0.25, 0.3) is 22.3 Å². The van der Waals surface area contributed by atoms with Crippen molar-refractivity contribution in [3.8, 4) is 23.0 Å². The molecule has 0 amide bonds. The van der Waals surface area contributed by atoms with Gasteiger partial charge in [-0.1, -0.05) is 31.2 Å². The second-order valence-corrected chi connectivity index (χ2v) is 17.5. The Hall–Kier alpha value is -2.41. The molecule has 212 valence electrons. The molecule has 5 rings (SSSR count). The van der Waals surface area contributed by atoms with Gasteiger partial charge in [0.05, 0.1) is 47.6 Å². The molecule has 3 aromatic heterocycles. The first-order valence-electron chi connectivity index (χ1n) is 13.1. The van der Waals surface area contributed by atoms with E-state index in [0.717, 1.165) is 17.4 Å². The average molecular weight is 577 g/mol. The number of hydrogen-bond acceptors (Lipinski definition) is 9. The van der Waals surface area contributed by atoms with Crippen LogP contribution >= 0.6 is 11.6 Å². The van der Waals surface area contributed by atoms with Crippen molar-refractivity contribution >= 4 is 36.5 Å². The molecule has 39 heavy (non-hydrogen) atoms. The highest BCUT2D eigenvalue weighted by Crippen LogP contribution is 2.38. The number of methoxy groups -OCH3 is 1. The second kappa shape index (κ2) is 11.2. The molecule has 0 saturated carbocycles. The summed E-state index contributed by atoms with van der Waals surface area (Å²) < 4.78 is 31.6. The van der Waals surface area contributed by atoms with Crippen LogP contribution in [0, 0.1) is 0 Å². The predicted molar refractivity (Wildman–Crippen MR) is 153 cm³/mol. The fourth-order valence-electron chi connectivity index (χ4n) is 4.80. The van der Waals surface area contributed by atoms with Crippen molar-refractivity contribution in [3.05, 3.63) is 29.3 Å². The molecule has 2 aliphatic heterocycles. The minimum Gasteiger partial charge on any atom is -0.480 e. The van der Waals surface area contributed by atoms with E-state index in [0.29, 0.717) is 46.8 Å². The van der Waals surface area contributed by atoms with Crippen LogP contribution in [0.15, 0.2) is 24.3 Å². The third kappa shape index (κ3) is 5.89. The van der Waals surface area contributed by atoms with E-state index >= 15 is 0 Å². The Balaban J connectivity index is 1.50. The fraction of sp³-hybridized carbons (Fsp3) is 0.556. The van der Waals surface area contributed by atoms with E-state index in [4.69, 9.17) is 40.3 Å². The summed E-state index contributed by atoms with van der Waals surface area (Å²) >= 11 is 6.82. The number of aromatic nitrogens is 3. The number of halogens is 1. The standard InChI is InChI=1S/C27H37ClN4O6Si/c1-31(2)22-8-7-16(27(30-22)34-3)24-17(28)11-19-18(29-24)12-23(32(19)15-35-9-10-39(4,5)6)38-21-14-37-25-20(33)13-36-26(21)25/h7-8,11-12,20-21,25-26,33H,9-10,13-15H2,1-6H3/t20-,21-,25-,26-/m1/s1. The van der Waals surface area contributed by atoms with Gasteiger partial charge in [-0.25, -0.2) is 4.98 Å². The predicted octanol–water partition coefficient (Wildman–Crippen LogP) is 4.04. The van der Waals surface area contributed by atoms with E-state index in [9.17, 15) is 5.11 Å². The molecule has 0 unspecified atom stereocenters. The van der Waals surface area contributed by atoms with E-state index in [1.54, 1.807) is 7.11 Å². The smallest absolute Gasteiger partial charge is 0.224 e. The van der Waals surface area contributed by atoms with Gasteiger partial charge in [0.1, 0.15) is 30.9 Å². The number of rotatable bonds is 10. The Morgan fingerprint density at radius 3 is 2.62 bits per heavy atom. The summed E-state index contributed by atoms with van der Waals surface area (Å²) in [6.07, 6.45) is -1.73. The van der Waals surface area contributed by atoms with Crippen LogP contribution in [-0.2, 0) is 20.9 Å². The summed E-state index contributed by atoms with van der Waals surface area (Å²) in [7, 11) is 4.17. The van der Waals surface area contributed by atoms with Crippen molar-refractivity contribution in [1.82, 2.24) is 14.5 Å². The Kier molecular flexibility index (Phi) is 8.09. The molecule has 0 bridgehead atoms. The zero-order valence-electron chi connectivity index (χ0n) is 23.3. The molecule has 12 heteroatoms. The highest BCUT2D eigenvalue weighted by atomic mass is 35.5. The highest BCUT2D eigenvalue weighted by molar-refractivity contribution is 6.76. The molecular formula is C27H37ClN4O6Si. The quantitative estimate of drug-likeness (QED) is 0.283. The number of anilines is 1. The molecule has 1 N–H and O–H groups in total. The first-order chi connectivity index (χ1) is 18.6. The van der Waals surface area contributed by atoms with Crippen LogP contribution in [0.3, 0.4) is 0 Å². The van der Waals surface area contributed by atoms with Crippen molar-refractivity contribution in [1.29, 1.82) is 0 Å². The summed E-state index contributed by atoms with van der Waals surface area (Å²) in [6, 6.07) is 8.61. The van der Waals surface area contributed by atoms with Crippen molar-refractivity contribution in [2.75, 3.05) is 45.9 Å².